The highest BCUT2D eigenvalue weighted by Crippen LogP contribution is 2.30. The smallest absolute Gasteiger partial charge is 0.150 e. The van der Waals surface area contributed by atoms with E-state index < -0.39 is 0 Å². The summed E-state index contributed by atoms with van der Waals surface area (Å²) in [5, 5.41) is 6.12. The molecule has 1 heterocycles. The molecular formula is C13H13Br2FN4. The van der Waals surface area contributed by atoms with Crippen LogP contribution < -0.4 is 10.6 Å². The molecular weight excluding hydrogens is 391 g/mol. The van der Waals surface area contributed by atoms with Crippen LogP contribution in [0.3, 0.4) is 0 Å². The van der Waals surface area contributed by atoms with E-state index in [1.807, 2.05) is 0 Å². The maximum absolute atomic E-state index is 13.8. The van der Waals surface area contributed by atoms with Gasteiger partial charge in [-0.2, -0.15) is 0 Å². The molecule has 0 bridgehead atoms. The number of hydrogen-bond donors (Lipinski definition) is 2. The summed E-state index contributed by atoms with van der Waals surface area (Å²) in [5.74, 6) is 0.842. The summed E-state index contributed by atoms with van der Waals surface area (Å²) in [4.78, 5) is 8.26. The molecule has 106 valence electrons. The predicted molar refractivity (Wildman–Crippen MR) is 85.9 cm³/mol. The third-order valence-corrected chi connectivity index (χ3v) is 3.76. The number of benzene rings is 1. The number of nitrogens with one attached hydrogen (secondary N) is 2. The number of aromatic nitrogens is 2. The molecule has 1 aromatic heterocycles. The first kappa shape index (κ1) is 15.2. The molecule has 0 amide bonds. The van der Waals surface area contributed by atoms with Gasteiger partial charge in [-0.3, -0.25) is 0 Å². The molecule has 0 radical (unpaired) electrons. The Morgan fingerprint density at radius 3 is 2.65 bits per heavy atom. The fraction of sp³-hybridized carbons (Fsp3) is 0.231. The quantitative estimate of drug-likeness (QED) is 0.759. The van der Waals surface area contributed by atoms with Crippen LogP contribution in [-0.4, -0.2) is 16.5 Å². The average Bonchev–Trinajstić information content (AvgIpc) is 2.42. The van der Waals surface area contributed by atoms with Crippen LogP contribution >= 0.6 is 31.9 Å². The fourth-order valence-electron chi connectivity index (χ4n) is 1.54. The number of hydrogen-bond acceptors (Lipinski definition) is 4. The van der Waals surface area contributed by atoms with E-state index in [2.05, 4.69) is 59.4 Å². The van der Waals surface area contributed by atoms with Crippen LogP contribution in [0, 0.1) is 5.82 Å². The van der Waals surface area contributed by atoms with Crippen LogP contribution in [0.5, 0.6) is 0 Å². The van der Waals surface area contributed by atoms with Crippen molar-refractivity contribution in [3.05, 3.63) is 39.3 Å². The van der Waals surface area contributed by atoms with Gasteiger partial charge in [-0.05, 0) is 40.5 Å². The largest absolute Gasteiger partial charge is 0.369 e. The molecule has 1 aromatic carbocycles. The maximum atomic E-state index is 13.8. The van der Waals surface area contributed by atoms with E-state index >= 15 is 0 Å². The van der Waals surface area contributed by atoms with Crippen molar-refractivity contribution in [2.24, 2.45) is 0 Å². The standard InChI is InChI=1S/C13H13Br2FN4/c1-2-5-17-12-11(15)13(19-7-18-12)20-10-4-3-8(14)6-9(10)16/h3-4,6-7H,2,5H2,1H3,(H2,17,18,19,20). The third kappa shape index (κ3) is 3.67. The van der Waals surface area contributed by atoms with E-state index in [1.54, 1.807) is 12.1 Å². The summed E-state index contributed by atoms with van der Waals surface area (Å²) in [6.45, 7) is 2.88. The Kier molecular flexibility index (Phi) is 5.31. The topological polar surface area (TPSA) is 49.8 Å². The van der Waals surface area contributed by atoms with Crippen LogP contribution in [0.25, 0.3) is 0 Å². The molecule has 0 unspecified atom stereocenters. The molecule has 2 aromatic rings. The van der Waals surface area contributed by atoms with E-state index in [9.17, 15) is 4.39 Å². The predicted octanol–water partition coefficient (Wildman–Crippen LogP) is 4.71. The van der Waals surface area contributed by atoms with Crippen LogP contribution in [0.2, 0.25) is 0 Å². The van der Waals surface area contributed by atoms with Gasteiger partial charge in [-0.25, -0.2) is 14.4 Å². The molecule has 4 nitrogen and oxygen atoms in total. The first-order chi connectivity index (χ1) is 9.61. The first-order valence-electron chi connectivity index (χ1n) is 6.08. The molecule has 0 saturated heterocycles. The molecule has 0 aliphatic rings. The molecule has 0 aliphatic carbocycles. The lowest BCUT2D eigenvalue weighted by Crippen LogP contribution is -2.05. The number of halogens is 3. The molecule has 20 heavy (non-hydrogen) atoms. The van der Waals surface area contributed by atoms with E-state index in [-0.39, 0.29) is 5.82 Å². The van der Waals surface area contributed by atoms with Crippen LogP contribution in [0.15, 0.2) is 33.5 Å². The van der Waals surface area contributed by atoms with E-state index in [4.69, 9.17) is 0 Å². The van der Waals surface area contributed by atoms with Gasteiger partial charge in [-0.15, -0.1) is 0 Å². The average molecular weight is 404 g/mol. The monoisotopic (exact) mass is 402 g/mol. The number of nitrogens with zero attached hydrogens (tertiary/aromatic N) is 2. The van der Waals surface area contributed by atoms with E-state index in [0.717, 1.165) is 13.0 Å². The van der Waals surface area contributed by atoms with Gasteiger partial charge in [0.1, 0.15) is 28.3 Å². The van der Waals surface area contributed by atoms with Crippen molar-refractivity contribution < 1.29 is 4.39 Å². The summed E-state index contributed by atoms with van der Waals surface area (Å²) >= 11 is 6.65. The minimum absolute atomic E-state index is 0.354. The summed E-state index contributed by atoms with van der Waals surface area (Å²) in [5.41, 5.74) is 0.356. The highest BCUT2D eigenvalue weighted by atomic mass is 79.9. The molecule has 7 heteroatoms. The first-order valence-corrected chi connectivity index (χ1v) is 7.67. The van der Waals surface area contributed by atoms with Crippen molar-refractivity contribution in [3.8, 4) is 0 Å². The molecule has 2 rings (SSSR count). The molecule has 0 aliphatic heterocycles. The molecule has 2 N–H and O–H groups in total. The van der Waals surface area contributed by atoms with Crippen molar-refractivity contribution in [3.63, 3.8) is 0 Å². The van der Waals surface area contributed by atoms with E-state index in [1.165, 1.54) is 12.4 Å². The second kappa shape index (κ2) is 6.99. The Bertz CT molecular complexity index is 607. The Hall–Kier alpha value is -1.21. The minimum atomic E-state index is -0.354. The second-order valence-electron chi connectivity index (χ2n) is 4.06. The molecule has 0 saturated carbocycles. The summed E-state index contributed by atoms with van der Waals surface area (Å²) in [6.07, 6.45) is 2.42. The van der Waals surface area contributed by atoms with E-state index in [0.29, 0.717) is 26.3 Å². The van der Waals surface area contributed by atoms with Gasteiger partial charge in [0.15, 0.2) is 0 Å². The third-order valence-electron chi connectivity index (χ3n) is 2.52. The summed E-state index contributed by atoms with van der Waals surface area (Å²) in [7, 11) is 0. The molecule has 0 fully saturated rings. The zero-order valence-electron chi connectivity index (χ0n) is 10.8. The lowest BCUT2D eigenvalue weighted by Gasteiger charge is -2.12. The van der Waals surface area contributed by atoms with Crippen molar-refractivity contribution in [1.29, 1.82) is 0 Å². The Labute approximate surface area is 133 Å². The highest BCUT2D eigenvalue weighted by molar-refractivity contribution is 9.11. The lowest BCUT2D eigenvalue weighted by molar-refractivity contribution is 0.631. The minimum Gasteiger partial charge on any atom is -0.369 e. The fourth-order valence-corrected chi connectivity index (χ4v) is 2.32. The molecule has 0 atom stereocenters. The Morgan fingerprint density at radius 1 is 1.20 bits per heavy atom. The van der Waals surface area contributed by atoms with Gasteiger partial charge in [0.05, 0.1) is 5.69 Å². The SMILES string of the molecule is CCCNc1ncnc(Nc2ccc(Br)cc2F)c1Br. The van der Waals surface area contributed by atoms with Crippen molar-refractivity contribution in [2.75, 3.05) is 17.2 Å². The van der Waals surface area contributed by atoms with Crippen molar-refractivity contribution in [1.82, 2.24) is 9.97 Å². The van der Waals surface area contributed by atoms with Gasteiger partial charge in [0.25, 0.3) is 0 Å². The van der Waals surface area contributed by atoms with Crippen LogP contribution in [-0.2, 0) is 0 Å². The van der Waals surface area contributed by atoms with Gasteiger partial charge in [0.2, 0.25) is 0 Å². The number of anilines is 3. The Morgan fingerprint density at radius 2 is 1.95 bits per heavy atom. The lowest BCUT2D eigenvalue weighted by atomic mass is 10.3. The van der Waals surface area contributed by atoms with Gasteiger partial charge in [-0.1, -0.05) is 22.9 Å². The van der Waals surface area contributed by atoms with Gasteiger partial charge >= 0.3 is 0 Å². The van der Waals surface area contributed by atoms with Crippen LogP contribution in [0.1, 0.15) is 13.3 Å². The maximum Gasteiger partial charge on any atom is 0.150 e. The molecule has 0 spiro atoms. The van der Waals surface area contributed by atoms with Crippen LogP contribution in [0.4, 0.5) is 21.7 Å². The summed E-state index contributed by atoms with van der Waals surface area (Å²) < 4.78 is 15.2. The Balaban J connectivity index is 2.24. The zero-order valence-corrected chi connectivity index (χ0v) is 13.9. The zero-order chi connectivity index (χ0) is 14.5. The highest BCUT2D eigenvalue weighted by Gasteiger charge is 2.10. The van der Waals surface area contributed by atoms with Gasteiger partial charge < -0.3 is 10.6 Å². The number of rotatable bonds is 5. The van der Waals surface area contributed by atoms with Crippen molar-refractivity contribution >= 4 is 49.2 Å². The normalized spacial score (nSPS) is 10.4. The second-order valence-corrected chi connectivity index (χ2v) is 5.77. The van der Waals surface area contributed by atoms with Crippen molar-refractivity contribution in [2.45, 2.75) is 13.3 Å². The summed E-state index contributed by atoms with van der Waals surface area (Å²) in [6, 6.07) is 4.80. The van der Waals surface area contributed by atoms with Gasteiger partial charge in [0, 0.05) is 11.0 Å².